The zero-order valence-corrected chi connectivity index (χ0v) is 12.4. The lowest BCUT2D eigenvalue weighted by Gasteiger charge is -2.12. The predicted molar refractivity (Wildman–Crippen MR) is 78.8 cm³/mol. The molecule has 2 aromatic carbocycles. The van der Waals surface area contributed by atoms with Gasteiger partial charge in [0.15, 0.2) is 0 Å². The Bertz CT molecular complexity index is 613. The standard InChI is InChI=1S/C15H15BrFNO/c1-9-3-4-10(2)11(5-9)8-19-15-7-13(17)12(16)6-14(15)18/h3-7H,8,18H2,1-2H3. The molecule has 2 N–H and O–H groups in total. The Labute approximate surface area is 120 Å². The number of rotatable bonds is 3. The minimum Gasteiger partial charge on any atom is -0.487 e. The largest absolute Gasteiger partial charge is 0.487 e. The summed E-state index contributed by atoms with van der Waals surface area (Å²) >= 11 is 3.09. The smallest absolute Gasteiger partial charge is 0.145 e. The van der Waals surface area contributed by atoms with Crippen LogP contribution in [0.1, 0.15) is 16.7 Å². The molecule has 0 atom stereocenters. The monoisotopic (exact) mass is 323 g/mol. The molecule has 0 amide bonds. The average molecular weight is 324 g/mol. The molecule has 0 bridgehead atoms. The zero-order valence-electron chi connectivity index (χ0n) is 10.8. The number of halogens is 2. The summed E-state index contributed by atoms with van der Waals surface area (Å²) in [6.45, 7) is 4.42. The second-order valence-electron chi connectivity index (χ2n) is 4.52. The molecule has 0 unspecified atom stereocenters. The molecule has 0 fully saturated rings. The van der Waals surface area contributed by atoms with Crippen LogP contribution in [0.25, 0.3) is 0 Å². The van der Waals surface area contributed by atoms with E-state index in [1.165, 1.54) is 17.7 Å². The summed E-state index contributed by atoms with van der Waals surface area (Å²) in [7, 11) is 0. The Morgan fingerprint density at radius 1 is 1.21 bits per heavy atom. The molecular weight excluding hydrogens is 309 g/mol. The second kappa shape index (κ2) is 5.61. The van der Waals surface area contributed by atoms with Gasteiger partial charge in [0.05, 0.1) is 10.2 Å². The van der Waals surface area contributed by atoms with Gasteiger partial charge in [-0.2, -0.15) is 0 Å². The number of benzene rings is 2. The van der Waals surface area contributed by atoms with Crippen molar-refractivity contribution in [2.24, 2.45) is 0 Å². The summed E-state index contributed by atoms with van der Waals surface area (Å²) in [5.74, 6) is -0.0215. The molecular formula is C15H15BrFNO. The molecule has 0 aliphatic heterocycles. The Morgan fingerprint density at radius 2 is 1.95 bits per heavy atom. The third-order valence-corrected chi connectivity index (χ3v) is 3.55. The quantitative estimate of drug-likeness (QED) is 0.851. The third kappa shape index (κ3) is 3.26. The fraction of sp³-hybridized carbons (Fsp3) is 0.200. The van der Waals surface area contributed by atoms with Gasteiger partial charge in [0.1, 0.15) is 18.2 Å². The normalized spacial score (nSPS) is 10.5. The van der Waals surface area contributed by atoms with Gasteiger partial charge in [-0.15, -0.1) is 0 Å². The first-order chi connectivity index (χ1) is 8.97. The van der Waals surface area contributed by atoms with Gasteiger partial charge >= 0.3 is 0 Å². The van der Waals surface area contributed by atoms with Gasteiger partial charge in [-0.3, -0.25) is 0 Å². The van der Waals surface area contributed by atoms with Crippen LogP contribution in [0.4, 0.5) is 10.1 Å². The van der Waals surface area contributed by atoms with Crippen molar-refractivity contribution in [3.8, 4) is 5.75 Å². The molecule has 0 spiro atoms. The number of aryl methyl sites for hydroxylation is 2. The predicted octanol–water partition coefficient (Wildman–Crippen LogP) is 4.37. The van der Waals surface area contributed by atoms with Crippen molar-refractivity contribution in [2.75, 3.05) is 5.73 Å². The number of nitrogen functional groups attached to an aromatic ring is 1. The van der Waals surface area contributed by atoms with E-state index in [0.717, 1.165) is 11.1 Å². The molecule has 0 aliphatic rings. The van der Waals surface area contributed by atoms with Crippen LogP contribution < -0.4 is 10.5 Å². The van der Waals surface area contributed by atoms with Crippen LogP contribution in [0.5, 0.6) is 5.75 Å². The van der Waals surface area contributed by atoms with Crippen LogP contribution in [-0.4, -0.2) is 0 Å². The van der Waals surface area contributed by atoms with Crippen LogP contribution >= 0.6 is 15.9 Å². The minimum absolute atomic E-state index is 0.337. The van der Waals surface area contributed by atoms with Crippen LogP contribution in [0.15, 0.2) is 34.8 Å². The molecule has 0 aliphatic carbocycles. The van der Waals surface area contributed by atoms with E-state index in [-0.39, 0.29) is 5.82 Å². The number of anilines is 1. The van der Waals surface area contributed by atoms with Crippen molar-refractivity contribution in [3.05, 3.63) is 57.3 Å². The SMILES string of the molecule is Cc1ccc(C)c(COc2cc(F)c(Br)cc2N)c1. The van der Waals surface area contributed by atoms with Crippen LogP contribution in [-0.2, 0) is 6.61 Å². The summed E-state index contributed by atoms with van der Waals surface area (Å²) in [5, 5.41) is 0. The average Bonchev–Trinajstić information content (AvgIpc) is 2.36. The van der Waals surface area contributed by atoms with Crippen molar-refractivity contribution < 1.29 is 9.13 Å². The number of nitrogens with two attached hydrogens (primary N) is 1. The summed E-state index contributed by atoms with van der Waals surface area (Å²) < 4.78 is 19.4. The molecule has 0 saturated carbocycles. The van der Waals surface area contributed by atoms with Crippen LogP contribution in [0, 0.1) is 19.7 Å². The van der Waals surface area contributed by atoms with Crippen molar-refractivity contribution in [3.63, 3.8) is 0 Å². The minimum atomic E-state index is -0.384. The molecule has 4 heteroatoms. The molecule has 19 heavy (non-hydrogen) atoms. The topological polar surface area (TPSA) is 35.2 Å². The van der Waals surface area contributed by atoms with Gasteiger partial charge in [0, 0.05) is 6.07 Å². The molecule has 2 aromatic rings. The van der Waals surface area contributed by atoms with Crippen molar-refractivity contribution in [1.82, 2.24) is 0 Å². The Hall–Kier alpha value is -1.55. The van der Waals surface area contributed by atoms with E-state index in [9.17, 15) is 4.39 Å². The summed E-state index contributed by atoms with van der Waals surface area (Å²) in [6, 6.07) is 8.95. The molecule has 0 radical (unpaired) electrons. The number of ether oxygens (including phenoxy) is 1. The first-order valence-corrected chi connectivity index (χ1v) is 6.70. The van der Waals surface area contributed by atoms with E-state index in [1.807, 2.05) is 26.0 Å². The highest BCUT2D eigenvalue weighted by molar-refractivity contribution is 9.10. The molecule has 0 heterocycles. The van der Waals surface area contributed by atoms with Gasteiger partial charge in [-0.25, -0.2) is 4.39 Å². The number of hydrogen-bond donors (Lipinski definition) is 1. The van der Waals surface area contributed by atoms with Gasteiger partial charge in [0.2, 0.25) is 0 Å². The molecule has 100 valence electrons. The fourth-order valence-electron chi connectivity index (χ4n) is 1.78. The summed E-state index contributed by atoms with van der Waals surface area (Å²) in [6.07, 6.45) is 0. The van der Waals surface area contributed by atoms with Crippen molar-refractivity contribution >= 4 is 21.6 Å². The van der Waals surface area contributed by atoms with E-state index in [2.05, 4.69) is 22.0 Å². The van der Waals surface area contributed by atoms with E-state index < -0.39 is 0 Å². The van der Waals surface area contributed by atoms with Crippen molar-refractivity contribution in [1.29, 1.82) is 0 Å². The van der Waals surface area contributed by atoms with Crippen molar-refractivity contribution in [2.45, 2.75) is 20.5 Å². The lowest BCUT2D eigenvalue weighted by atomic mass is 10.1. The maximum atomic E-state index is 13.4. The molecule has 0 saturated heterocycles. The highest BCUT2D eigenvalue weighted by Crippen LogP contribution is 2.29. The molecule has 2 nitrogen and oxygen atoms in total. The highest BCUT2D eigenvalue weighted by atomic mass is 79.9. The zero-order chi connectivity index (χ0) is 14.0. The van der Waals surface area contributed by atoms with Gasteiger partial charge in [0.25, 0.3) is 0 Å². The van der Waals surface area contributed by atoms with E-state index in [0.29, 0.717) is 22.5 Å². The summed E-state index contributed by atoms with van der Waals surface area (Å²) in [4.78, 5) is 0. The van der Waals surface area contributed by atoms with Gasteiger partial charge in [-0.1, -0.05) is 23.8 Å². The third-order valence-electron chi connectivity index (χ3n) is 2.94. The maximum Gasteiger partial charge on any atom is 0.145 e. The molecule has 2 rings (SSSR count). The first kappa shape index (κ1) is 13.9. The van der Waals surface area contributed by atoms with E-state index in [4.69, 9.17) is 10.5 Å². The number of hydrogen-bond acceptors (Lipinski definition) is 2. The fourth-order valence-corrected chi connectivity index (χ4v) is 2.14. The van der Waals surface area contributed by atoms with E-state index in [1.54, 1.807) is 0 Å². The van der Waals surface area contributed by atoms with Gasteiger partial charge in [-0.05, 0) is 47.0 Å². The second-order valence-corrected chi connectivity index (χ2v) is 5.38. The van der Waals surface area contributed by atoms with Crippen LogP contribution in [0.3, 0.4) is 0 Å². The Morgan fingerprint density at radius 3 is 2.68 bits per heavy atom. The first-order valence-electron chi connectivity index (χ1n) is 5.91. The van der Waals surface area contributed by atoms with E-state index >= 15 is 0 Å². The van der Waals surface area contributed by atoms with Crippen LogP contribution in [0.2, 0.25) is 0 Å². The maximum absolute atomic E-state index is 13.4. The summed E-state index contributed by atoms with van der Waals surface area (Å²) in [5.41, 5.74) is 9.59. The van der Waals surface area contributed by atoms with Gasteiger partial charge < -0.3 is 10.5 Å². The lowest BCUT2D eigenvalue weighted by Crippen LogP contribution is -2.01. The lowest BCUT2D eigenvalue weighted by molar-refractivity contribution is 0.305. The molecule has 0 aromatic heterocycles. The Kier molecular flexibility index (Phi) is 4.10. The highest BCUT2D eigenvalue weighted by Gasteiger charge is 2.08. The Balaban J connectivity index is 2.19.